The Morgan fingerprint density at radius 2 is 1.79 bits per heavy atom. The van der Waals surface area contributed by atoms with E-state index < -0.39 is 15.8 Å². The first-order valence-corrected chi connectivity index (χ1v) is 12.5. The molecule has 0 saturated carbocycles. The van der Waals surface area contributed by atoms with Gasteiger partial charge in [-0.2, -0.15) is 0 Å². The van der Waals surface area contributed by atoms with Crippen LogP contribution in [0.1, 0.15) is 21.7 Å². The maximum Gasteiger partial charge on any atom is 0.233 e. The van der Waals surface area contributed by atoms with Gasteiger partial charge in [-0.1, -0.05) is 47.5 Å². The Bertz CT molecular complexity index is 1480. The molecule has 0 fully saturated rings. The fourth-order valence-corrected chi connectivity index (χ4v) is 4.40. The number of methoxy groups -OCH3 is 1. The number of furan rings is 1. The smallest absolute Gasteiger partial charge is 0.233 e. The summed E-state index contributed by atoms with van der Waals surface area (Å²) in [5, 5.41) is 1.28. The van der Waals surface area contributed by atoms with Gasteiger partial charge in [0.25, 0.3) is 0 Å². The van der Waals surface area contributed by atoms with Crippen LogP contribution in [0.2, 0.25) is 10.0 Å². The molecule has 6 nitrogen and oxygen atoms in total. The van der Waals surface area contributed by atoms with Gasteiger partial charge in [0.05, 0.1) is 23.8 Å². The summed E-state index contributed by atoms with van der Waals surface area (Å²) in [6, 6.07) is 17.6. The van der Waals surface area contributed by atoms with Gasteiger partial charge < -0.3 is 9.15 Å². The molecule has 0 aliphatic rings. The second-order valence-electron chi connectivity index (χ2n) is 7.42. The molecule has 0 radical (unpaired) electrons. The van der Waals surface area contributed by atoms with Crippen LogP contribution in [0.15, 0.2) is 65.1 Å². The molecular weight excluding hydrogens is 485 g/mol. The fourth-order valence-electron chi connectivity index (χ4n) is 3.48. The molecule has 3 aromatic carbocycles. The number of carbonyl (C=O) groups is 1. The highest BCUT2D eigenvalue weighted by molar-refractivity contribution is 7.88. The van der Waals surface area contributed by atoms with Gasteiger partial charge in [0.1, 0.15) is 5.58 Å². The lowest BCUT2D eigenvalue weighted by atomic mass is 10.0. The number of nitrogens with one attached hydrogen (secondary N) is 1. The van der Waals surface area contributed by atoms with E-state index in [1.54, 1.807) is 18.2 Å². The van der Waals surface area contributed by atoms with Gasteiger partial charge in [0.15, 0.2) is 5.75 Å². The van der Waals surface area contributed by atoms with Gasteiger partial charge in [-0.25, -0.2) is 13.1 Å². The van der Waals surface area contributed by atoms with E-state index in [1.165, 1.54) is 13.2 Å². The Labute approximate surface area is 201 Å². The summed E-state index contributed by atoms with van der Waals surface area (Å²) in [4.78, 5) is 13.1. The van der Waals surface area contributed by atoms with Crippen molar-refractivity contribution >= 4 is 50.0 Å². The van der Waals surface area contributed by atoms with Crippen molar-refractivity contribution in [1.29, 1.82) is 0 Å². The van der Waals surface area contributed by atoms with E-state index in [1.807, 2.05) is 36.4 Å². The third-order valence-corrected chi connectivity index (χ3v) is 6.25. The third kappa shape index (κ3) is 5.07. The molecule has 170 valence electrons. The Morgan fingerprint density at radius 1 is 1.03 bits per heavy atom. The van der Waals surface area contributed by atoms with Crippen molar-refractivity contribution in [3.63, 3.8) is 0 Å². The Hall–Kier alpha value is -2.84. The zero-order valence-corrected chi connectivity index (χ0v) is 20.0. The van der Waals surface area contributed by atoms with Crippen molar-refractivity contribution in [2.45, 2.75) is 6.54 Å². The number of hydrogen-bond donors (Lipinski definition) is 1. The molecule has 1 N–H and O–H groups in total. The zero-order valence-electron chi connectivity index (χ0n) is 17.7. The summed E-state index contributed by atoms with van der Waals surface area (Å²) in [7, 11) is -1.83. The summed E-state index contributed by atoms with van der Waals surface area (Å²) >= 11 is 12.2. The Morgan fingerprint density at radius 3 is 2.48 bits per heavy atom. The topological polar surface area (TPSA) is 85.6 Å². The van der Waals surface area contributed by atoms with Gasteiger partial charge in [0.2, 0.25) is 21.6 Å². The van der Waals surface area contributed by atoms with Crippen molar-refractivity contribution in [2.24, 2.45) is 0 Å². The normalized spacial score (nSPS) is 11.6. The first kappa shape index (κ1) is 23.3. The molecule has 0 spiro atoms. The number of sulfonamides is 1. The molecule has 33 heavy (non-hydrogen) atoms. The van der Waals surface area contributed by atoms with Crippen molar-refractivity contribution in [2.75, 3.05) is 13.4 Å². The minimum Gasteiger partial charge on any atom is -0.492 e. The van der Waals surface area contributed by atoms with Gasteiger partial charge in [-0.05, 0) is 53.1 Å². The van der Waals surface area contributed by atoms with Crippen LogP contribution < -0.4 is 9.46 Å². The van der Waals surface area contributed by atoms with E-state index in [0.29, 0.717) is 21.7 Å². The van der Waals surface area contributed by atoms with Gasteiger partial charge in [0, 0.05) is 17.1 Å². The summed E-state index contributed by atoms with van der Waals surface area (Å²) in [5.74, 6) is -0.0567. The maximum absolute atomic E-state index is 13.1. The molecular formula is C24H19Cl2NO5S. The summed E-state index contributed by atoms with van der Waals surface area (Å²) in [5.41, 5.74) is 3.24. The van der Waals surface area contributed by atoms with Gasteiger partial charge >= 0.3 is 0 Å². The van der Waals surface area contributed by atoms with Gasteiger partial charge in [-0.3, -0.25) is 4.79 Å². The summed E-state index contributed by atoms with van der Waals surface area (Å²) in [6.07, 6.45) is 1.12. The molecule has 4 rings (SSSR count). The van der Waals surface area contributed by atoms with Crippen LogP contribution >= 0.6 is 23.2 Å². The summed E-state index contributed by atoms with van der Waals surface area (Å²) in [6.45, 7) is 0.185. The molecule has 0 saturated heterocycles. The number of rotatable bonds is 7. The highest BCUT2D eigenvalue weighted by Crippen LogP contribution is 2.37. The number of carbonyl (C=O) groups excluding carboxylic acids is 1. The van der Waals surface area contributed by atoms with E-state index in [4.69, 9.17) is 32.4 Å². The average Bonchev–Trinajstić information content (AvgIpc) is 3.15. The van der Waals surface area contributed by atoms with E-state index in [0.717, 1.165) is 22.9 Å². The first-order chi connectivity index (χ1) is 15.7. The minimum absolute atomic E-state index is 0.0416. The predicted molar refractivity (Wildman–Crippen MR) is 130 cm³/mol. The molecule has 0 bridgehead atoms. The number of ether oxygens (including phenoxy) is 1. The molecule has 0 atom stereocenters. The van der Waals surface area contributed by atoms with Crippen molar-refractivity contribution in [3.05, 3.63) is 87.6 Å². The molecule has 0 aliphatic carbocycles. The number of halogens is 2. The number of fused-ring (bicyclic) bond motifs is 1. The predicted octanol–water partition coefficient (Wildman–Crippen LogP) is 5.70. The molecule has 0 amide bonds. The maximum atomic E-state index is 13.1. The molecule has 1 aromatic heterocycles. The largest absolute Gasteiger partial charge is 0.492 e. The highest BCUT2D eigenvalue weighted by Gasteiger charge is 2.25. The van der Waals surface area contributed by atoms with Crippen LogP contribution in [-0.2, 0) is 16.6 Å². The van der Waals surface area contributed by atoms with E-state index in [9.17, 15) is 13.2 Å². The monoisotopic (exact) mass is 503 g/mol. The van der Waals surface area contributed by atoms with Crippen LogP contribution in [0.5, 0.6) is 5.75 Å². The Kier molecular flexibility index (Phi) is 6.50. The highest BCUT2D eigenvalue weighted by atomic mass is 35.5. The molecule has 9 heteroatoms. The lowest BCUT2D eigenvalue weighted by molar-refractivity contribution is 0.101. The fraction of sp³-hybridized carbons (Fsp3) is 0.125. The van der Waals surface area contributed by atoms with Crippen LogP contribution in [0, 0.1) is 0 Å². The van der Waals surface area contributed by atoms with Gasteiger partial charge in [-0.15, -0.1) is 0 Å². The van der Waals surface area contributed by atoms with Crippen molar-refractivity contribution in [3.8, 4) is 16.9 Å². The number of hydrogen-bond acceptors (Lipinski definition) is 5. The zero-order chi connectivity index (χ0) is 23.8. The van der Waals surface area contributed by atoms with E-state index >= 15 is 0 Å². The number of ketones is 1. The minimum atomic E-state index is -3.30. The van der Waals surface area contributed by atoms with Crippen molar-refractivity contribution in [1.82, 2.24) is 4.72 Å². The van der Waals surface area contributed by atoms with Crippen LogP contribution in [0.25, 0.3) is 22.1 Å². The number of benzene rings is 3. The second kappa shape index (κ2) is 9.19. The molecule has 0 unspecified atom stereocenters. The second-order valence-corrected chi connectivity index (χ2v) is 10.1. The van der Waals surface area contributed by atoms with E-state index in [-0.39, 0.29) is 22.9 Å². The Balaban J connectivity index is 1.73. The lowest BCUT2D eigenvalue weighted by Gasteiger charge is -2.06. The standard InChI is InChI=1S/C24H19Cl2NO5S/c1-31-23-19-8-6-16(15-5-3-4-14(10-15)13-27-33(2,29)30)11-21(19)32-24(23)22(28)18-9-7-17(25)12-20(18)26/h3-12,27H,13H2,1-2H3. The SMILES string of the molecule is COc1c(C(=O)c2ccc(Cl)cc2Cl)oc2cc(-c3cccc(CNS(C)(=O)=O)c3)ccc12. The van der Waals surface area contributed by atoms with Crippen LogP contribution in [0.4, 0.5) is 0 Å². The lowest BCUT2D eigenvalue weighted by Crippen LogP contribution is -2.21. The van der Waals surface area contributed by atoms with E-state index in [2.05, 4.69) is 4.72 Å². The van der Waals surface area contributed by atoms with Crippen LogP contribution in [0.3, 0.4) is 0 Å². The molecule has 1 heterocycles. The average molecular weight is 504 g/mol. The van der Waals surface area contributed by atoms with Crippen molar-refractivity contribution < 1.29 is 22.4 Å². The summed E-state index contributed by atoms with van der Waals surface area (Å²) < 4.78 is 36.7. The molecule has 4 aromatic rings. The quantitative estimate of drug-likeness (QED) is 0.327. The third-order valence-electron chi connectivity index (χ3n) is 5.03. The first-order valence-electron chi connectivity index (χ1n) is 9.80. The van der Waals surface area contributed by atoms with Crippen LogP contribution in [-0.4, -0.2) is 27.6 Å². The molecule has 0 aliphatic heterocycles.